The maximum atomic E-state index is 13.6. The van der Waals surface area contributed by atoms with E-state index in [9.17, 15) is 4.39 Å². The highest BCUT2D eigenvalue weighted by molar-refractivity contribution is 5.54. The van der Waals surface area contributed by atoms with E-state index in [4.69, 9.17) is 5.73 Å². The summed E-state index contributed by atoms with van der Waals surface area (Å²) in [4.78, 5) is 2.09. The predicted octanol–water partition coefficient (Wildman–Crippen LogP) is 2.64. The Labute approximate surface area is 89.9 Å². The molecule has 1 aliphatic carbocycles. The number of nitrogens with two attached hydrogens (primary N) is 1. The molecule has 0 atom stereocenters. The summed E-state index contributed by atoms with van der Waals surface area (Å²) in [6, 6.07) is 4.93. The molecule has 0 heterocycles. The molecular formula is C12H17FN2. The lowest BCUT2D eigenvalue weighted by molar-refractivity contribution is 0.614. The van der Waals surface area contributed by atoms with Crippen LogP contribution >= 0.6 is 0 Å². The molecule has 1 aromatic carbocycles. The second kappa shape index (κ2) is 4.09. The molecule has 0 aromatic heterocycles. The molecule has 1 fully saturated rings. The van der Waals surface area contributed by atoms with E-state index in [0.717, 1.165) is 19.0 Å². The van der Waals surface area contributed by atoms with Gasteiger partial charge in [-0.05, 0) is 43.9 Å². The first-order chi connectivity index (χ1) is 7.20. The average molecular weight is 208 g/mol. The molecule has 3 heteroatoms. The minimum Gasteiger partial charge on any atom is -0.399 e. The van der Waals surface area contributed by atoms with Gasteiger partial charge in [-0.15, -0.1) is 0 Å². The number of anilines is 2. The van der Waals surface area contributed by atoms with Crippen LogP contribution in [0.25, 0.3) is 0 Å². The number of nitrogen functional groups attached to an aromatic ring is 1. The topological polar surface area (TPSA) is 29.3 Å². The molecule has 1 aromatic rings. The fourth-order valence-corrected chi connectivity index (χ4v) is 1.79. The van der Waals surface area contributed by atoms with Gasteiger partial charge >= 0.3 is 0 Å². The van der Waals surface area contributed by atoms with Crippen molar-refractivity contribution in [3.8, 4) is 0 Å². The fourth-order valence-electron chi connectivity index (χ4n) is 1.79. The van der Waals surface area contributed by atoms with E-state index in [-0.39, 0.29) is 5.82 Å². The average Bonchev–Trinajstić information content (AvgIpc) is 2.99. The maximum absolute atomic E-state index is 13.6. The van der Waals surface area contributed by atoms with Crippen LogP contribution in [0, 0.1) is 11.7 Å². The van der Waals surface area contributed by atoms with Crippen LogP contribution in [-0.2, 0) is 0 Å². The van der Waals surface area contributed by atoms with E-state index in [1.165, 1.54) is 18.9 Å². The van der Waals surface area contributed by atoms with Crippen LogP contribution < -0.4 is 10.6 Å². The lowest BCUT2D eigenvalue weighted by atomic mass is 10.2. The Hall–Kier alpha value is -1.25. The Kier molecular flexibility index (Phi) is 2.80. The Morgan fingerprint density at radius 3 is 2.73 bits per heavy atom. The van der Waals surface area contributed by atoms with E-state index in [1.807, 2.05) is 0 Å². The molecule has 0 spiro atoms. The van der Waals surface area contributed by atoms with Gasteiger partial charge in [0.15, 0.2) is 0 Å². The third-order valence-corrected chi connectivity index (χ3v) is 2.87. The normalized spacial score (nSPS) is 15.3. The first kappa shape index (κ1) is 10.3. The van der Waals surface area contributed by atoms with Crippen LogP contribution in [0.4, 0.5) is 15.8 Å². The van der Waals surface area contributed by atoms with Crippen LogP contribution in [0.15, 0.2) is 18.2 Å². The van der Waals surface area contributed by atoms with Gasteiger partial charge < -0.3 is 10.6 Å². The molecule has 0 saturated heterocycles. The van der Waals surface area contributed by atoms with Crippen molar-refractivity contribution in [3.05, 3.63) is 24.0 Å². The number of halogens is 1. The summed E-state index contributed by atoms with van der Waals surface area (Å²) in [5, 5.41) is 0. The van der Waals surface area contributed by atoms with Crippen molar-refractivity contribution in [3.63, 3.8) is 0 Å². The second-order valence-electron chi connectivity index (χ2n) is 4.19. The summed E-state index contributed by atoms with van der Waals surface area (Å²) in [7, 11) is 0. The fraction of sp³-hybridized carbons (Fsp3) is 0.500. The van der Waals surface area contributed by atoms with Crippen LogP contribution in [0.2, 0.25) is 0 Å². The predicted molar refractivity (Wildman–Crippen MR) is 61.4 cm³/mol. The monoisotopic (exact) mass is 208 g/mol. The van der Waals surface area contributed by atoms with Gasteiger partial charge in [0.25, 0.3) is 0 Å². The number of hydrogen-bond acceptors (Lipinski definition) is 2. The molecule has 2 nitrogen and oxygen atoms in total. The number of rotatable bonds is 4. The van der Waals surface area contributed by atoms with Crippen molar-refractivity contribution in [2.45, 2.75) is 19.8 Å². The van der Waals surface area contributed by atoms with Crippen molar-refractivity contribution in [2.75, 3.05) is 23.7 Å². The summed E-state index contributed by atoms with van der Waals surface area (Å²) >= 11 is 0. The molecule has 0 bridgehead atoms. The van der Waals surface area contributed by atoms with E-state index in [1.54, 1.807) is 12.1 Å². The Morgan fingerprint density at radius 1 is 1.47 bits per heavy atom. The largest absolute Gasteiger partial charge is 0.399 e. The molecule has 0 aliphatic heterocycles. The van der Waals surface area contributed by atoms with Crippen LogP contribution in [0.1, 0.15) is 19.8 Å². The van der Waals surface area contributed by atoms with Crippen molar-refractivity contribution in [1.82, 2.24) is 0 Å². The highest BCUT2D eigenvalue weighted by atomic mass is 19.1. The van der Waals surface area contributed by atoms with E-state index < -0.39 is 0 Å². The zero-order chi connectivity index (χ0) is 10.8. The third kappa shape index (κ3) is 2.41. The van der Waals surface area contributed by atoms with Gasteiger partial charge in [-0.25, -0.2) is 4.39 Å². The van der Waals surface area contributed by atoms with Crippen LogP contribution in [0.5, 0.6) is 0 Å². The molecular weight excluding hydrogens is 191 g/mol. The van der Waals surface area contributed by atoms with Crippen molar-refractivity contribution < 1.29 is 4.39 Å². The number of hydrogen-bond donors (Lipinski definition) is 1. The summed E-state index contributed by atoms with van der Waals surface area (Å²) in [6.07, 6.45) is 2.57. The Bertz CT molecular complexity index is 347. The molecule has 1 aliphatic rings. The first-order valence-electron chi connectivity index (χ1n) is 5.50. The zero-order valence-corrected chi connectivity index (χ0v) is 9.04. The van der Waals surface area contributed by atoms with Gasteiger partial charge in [0.2, 0.25) is 0 Å². The first-order valence-corrected chi connectivity index (χ1v) is 5.50. The molecule has 0 radical (unpaired) electrons. The summed E-state index contributed by atoms with van der Waals surface area (Å²) in [5.41, 5.74) is 6.69. The maximum Gasteiger partial charge on any atom is 0.148 e. The van der Waals surface area contributed by atoms with Gasteiger partial charge in [-0.1, -0.05) is 0 Å². The summed E-state index contributed by atoms with van der Waals surface area (Å²) in [6.45, 7) is 3.87. The highest BCUT2D eigenvalue weighted by Crippen LogP contribution is 2.32. The molecule has 0 amide bonds. The number of benzene rings is 1. The van der Waals surface area contributed by atoms with Crippen molar-refractivity contribution in [2.24, 2.45) is 5.92 Å². The standard InChI is InChI=1S/C12H17FN2/c1-2-15(8-9-3-4-9)12-6-5-10(14)7-11(12)13/h5-7,9H,2-4,8,14H2,1H3. The van der Waals surface area contributed by atoms with Crippen molar-refractivity contribution in [1.29, 1.82) is 0 Å². The van der Waals surface area contributed by atoms with Crippen LogP contribution in [-0.4, -0.2) is 13.1 Å². The van der Waals surface area contributed by atoms with Gasteiger partial charge in [0.05, 0.1) is 5.69 Å². The Balaban J connectivity index is 2.16. The lowest BCUT2D eigenvalue weighted by Crippen LogP contribution is -2.26. The van der Waals surface area contributed by atoms with Gasteiger partial charge in [0.1, 0.15) is 5.82 Å². The molecule has 2 N–H and O–H groups in total. The smallest absolute Gasteiger partial charge is 0.148 e. The minimum absolute atomic E-state index is 0.211. The molecule has 2 rings (SSSR count). The lowest BCUT2D eigenvalue weighted by Gasteiger charge is -2.23. The minimum atomic E-state index is -0.211. The highest BCUT2D eigenvalue weighted by Gasteiger charge is 2.24. The van der Waals surface area contributed by atoms with Crippen LogP contribution in [0.3, 0.4) is 0 Å². The Morgan fingerprint density at radius 2 is 2.20 bits per heavy atom. The van der Waals surface area contributed by atoms with E-state index >= 15 is 0 Å². The van der Waals surface area contributed by atoms with Gasteiger partial charge in [0, 0.05) is 18.8 Å². The van der Waals surface area contributed by atoms with E-state index in [0.29, 0.717) is 11.4 Å². The quantitative estimate of drug-likeness (QED) is 0.771. The summed E-state index contributed by atoms with van der Waals surface area (Å²) in [5.74, 6) is 0.555. The van der Waals surface area contributed by atoms with E-state index in [2.05, 4.69) is 11.8 Å². The zero-order valence-electron chi connectivity index (χ0n) is 9.04. The second-order valence-corrected chi connectivity index (χ2v) is 4.19. The molecule has 82 valence electrons. The van der Waals surface area contributed by atoms with Gasteiger partial charge in [-0.2, -0.15) is 0 Å². The molecule has 0 unspecified atom stereocenters. The summed E-state index contributed by atoms with van der Waals surface area (Å²) < 4.78 is 13.6. The van der Waals surface area contributed by atoms with Gasteiger partial charge in [-0.3, -0.25) is 0 Å². The number of nitrogens with zero attached hydrogens (tertiary/aromatic N) is 1. The SMILES string of the molecule is CCN(CC1CC1)c1ccc(N)cc1F. The third-order valence-electron chi connectivity index (χ3n) is 2.87. The molecule has 1 saturated carbocycles. The molecule has 15 heavy (non-hydrogen) atoms. The van der Waals surface area contributed by atoms with Crippen molar-refractivity contribution >= 4 is 11.4 Å².